The zero-order chi connectivity index (χ0) is 20.7. The first-order valence-electron chi connectivity index (χ1n) is 9.45. The lowest BCUT2D eigenvalue weighted by Gasteiger charge is -2.24. The Hall–Kier alpha value is -3.84. The molecule has 2 N–H and O–H groups in total. The lowest BCUT2D eigenvalue weighted by atomic mass is 9.98. The van der Waals surface area contributed by atoms with Crippen LogP contribution in [0.4, 0.5) is 4.39 Å². The molecule has 1 aliphatic heterocycles. The van der Waals surface area contributed by atoms with Crippen molar-refractivity contribution in [1.82, 2.24) is 14.5 Å². The molecule has 3 aromatic heterocycles. The molecule has 0 bridgehead atoms. The SMILES string of the molecule is NCc1ncccc1-c1cc2c(n(-c3ccccc3)c1=O)COc1cc(F)cnc1-2. The average molecular weight is 400 g/mol. The number of rotatable bonds is 3. The number of para-hydroxylation sites is 1. The largest absolute Gasteiger partial charge is 0.485 e. The van der Waals surface area contributed by atoms with E-state index in [-0.39, 0.29) is 18.7 Å². The van der Waals surface area contributed by atoms with Crippen molar-refractivity contribution < 1.29 is 9.13 Å². The summed E-state index contributed by atoms with van der Waals surface area (Å²) in [5.74, 6) is -0.136. The van der Waals surface area contributed by atoms with Crippen LogP contribution in [0.1, 0.15) is 11.4 Å². The van der Waals surface area contributed by atoms with Crippen LogP contribution in [0.3, 0.4) is 0 Å². The molecule has 4 heterocycles. The van der Waals surface area contributed by atoms with Gasteiger partial charge in [-0.1, -0.05) is 24.3 Å². The molecule has 4 aromatic rings. The van der Waals surface area contributed by atoms with E-state index in [1.54, 1.807) is 22.9 Å². The van der Waals surface area contributed by atoms with Gasteiger partial charge in [0.05, 0.1) is 23.1 Å². The van der Waals surface area contributed by atoms with E-state index in [2.05, 4.69) is 9.97 Å². The number of hydrogen-bond acceptors (Lipinski definition) is 5. The Kier molecular flexibility index (Phi) is 4.37. The van der Waals surface area contributed by atoms with Crippen molar-refractivity contribution >= 4 is 0 Å². The summed E-state index contributed by atoms with van der Waals surface area (Å²) in [6, 6.07) is 16.0. The third-order valence-corrected chi connectivity index (χ3v) is 5.13. The average Bonchev–Trinajstić information content (AvgIpc) is 2.79. The molecule has 5 rings (SSSR count). The Bertz CT molecular complexity index is 1320. The van der Waals surface area contributed by atoms with Gasteiger partial charge >= 0.3 is 0 Å². The second-order valence-corrected chi connectivity index (χ2v) is 6.89. The van der Waals surface area contributed by atoms with Gasteiger partial charge in [0.15, 0.2) is 0 Å². The van der Waals surface area contributed by atoms with Crippen LogP contribution in [0.25, 0.3) is 28.1 Å². The van der Waals surface area contributed by atoms with Crippen molar-refractivity contribution in [3.63, 3.8) is 0 Å². The second-order valence-electron chi connectivity index (χ2n) is 6.89. The van der Waals surface area contributed by atoms with Gasteiger partial charge in [0.25, 0.3) is 5.56 Å². The lowest BCUT2D eigenvalue weighted by Crippen LogP contribution is -2.27. The van der Waals surface area contributed by atoms with Crippen LogP contribution < -0.4 is 16.0 Å². The summed E-state index contributed by atoms with van der Waals surface area (Å²) in [6.07, 6.45) is 2.79. The Morgan fingerprint density at radius 2 is 1.87 bits per heavy atom. The van der Waals surface area contributed by atoms with Gasteiger partial charge < -0.3 is 10.5 Å². The highest BCUT2D eigenvalue weighted by atomic mass is 19.1. The highest BCUT2D eigenvalue weighted by Crippen LogP contribution is 2.38. The van der Waals surface area contributed by atoms with Crippen LogP contribution in [0.2, 0.25) is 0 Å². The molecule has 30 heavy (non-hydrogen) atoms. The van der Waals surface area contributed by atoms with Crippen LogP contribution in [-0.2, 0) is 13.2 Å². The van der Waals surface area contributed by atoms with Crippen molar-refractivity contribution in [2.75, 3.05) is 0 Å². The molecule has 0 saturated carbocycles. The molecular weight excluding hydrogens is 383 g/mol. The summed E-state index contributed by atoms with van der Waals surface area (Å²) >= 11 is 0. The fourth-order valence-electron chi connectivity index (χ4n) is 3.77. The monoisotopic (exact) mass is 400 g/mol. The van der Waals surface area contributed by atoms with Gasteiger partial charge in [0, 0.05) is 35.6 Å². The predicted molar refractivity (Wildman–Crippen MR) is 111 cm³/mol. The third-order valence-electron chi connectivity index (χ3n) is 5.13. The van der Waals surface area contributed by atoms with Gasteiger partial charge in [-0.15, -0.1) is 0 Å². The molecule has 6 nitrogen and oxygen atoms in total. The summed E-state index contributed by atoms with van der Waals surface area (Å²) < 4.78 is 21.1. The fourth-order valence-corrected chi connectivity index (χ4v) is 3.77. The summed E-state index contributed by atoms with van der Waals surface area (Å²) in [7, 11) is 0. The number of fused-ring (bicyclic) bond motifs is 3. The Labute approximate surface area is 171 Å². The molecule has 0 fully saturated rings. The molecule has 0 amide bonds. The normalized spacial score (nSPS) is 12.1. The predicted octanol–water partition coefficient (Wildman–Crippen LogP) is 3.45. The number of pyridine rings is 3. The number of benzene rings is 1. The maximum absolute atomic E-state index is 13.7. The van der Waals surface area contributed by atoms with Gasteiger partial charge in [-0.2, -0.15) is 0 Å². The van der Waals surface area contributed by atoms with Crippen molar-refractivity contribution in [1.29, 1.82) is 0 Å². The molecule has 0 unspecified atom stereocenters. The molecule has 148 valence electrons. The topological polar surface area (TPSA) is 83.0 Å². The molecular formula is C23H17FN4O2. The fraction of sp³-hybridized carbons (Fsp3) is 0.0870. The molecule has 0 spiro atoms. The van der Waals surface area contributed by atoms with E-state index in [1.807, 2.05) is 36.4 Å². The van der Waals surface area contributed by atoms with E-state index >= 15 is 0 Å². The maximum atomic E-state index is 13.7. The third kappa shape index (κ3) is 2.87. The maximum Gasteiger partial charge on any atom is 0.263 e. The molecule has 0 radical (unpaired) electrons. The molecule has 0 atom stereocenters. The van der Waals surface area contributed by atoms with E-state index in [4.69, 9.17) is 10.5 Å². The van der Waals surface area contributed by atoms with Gasteiger partial charge in [-0.3, -0.25) is 14.3 Å². The number of halogens is 1. The summed E-state index contributed by atoms with van der Waals surface area (Å²) in [4.78, 5) is 22.2. The van der Waals surface area contributed by atoms with E-state index in [0.29, 0.717) is 45.2 Å². The number of ether oxygens (including phenoxy) is 1. The highest BCUT2D eigenvalue weighted by molar-refractivity contribution is 5.77. The smallest absolute Gasteiger partial charge is 0.263 e. The van der Waals surface area contributed by atoms with Gasteiger partial charge in [0.1, 0.15) is 23.9 Å². The molecule has 1 aromatic carbocycles. The van der Waals surface area contributed by atoms with Crippen molar-refractivity contribution in [3.05, 3.63) is 94.5 Å². The van der Waals surface area contributed by atoms with Crippen LogP contribution in [0, 0.1) is 5.82 Å². The Balaban J connectivity index is 1.88. The summed E-state index contributed by atoms with van der Waals surface area (Å²) in [6.45, 7) is 0.315. The molecule has 0 aliphatic carbocycles. The number of nitrogens with two attached hydrogens (primary N) is 1. The van der Waals surface area contributed by atoms with Crippen LogP contribution in [0.15, 0.2) is 71.8 Å². The standard InChI is InChI=1S/C23H17FN4O2/c24-14-9-21-22(27-12-14)18-10-17(16-7-4-8-26-19(16)11-25)23(29)28(20(18)13-30-21)15-5-2-1-3-6-15/h1-10,12H,11,13,25H2. The first kappa shape index (κ1) is 18.2. The van der Waals surface area contributed by atoms with Gasteiger partial charge in [-0.25, -0.2) is 9.37 Å². The molecule has 7 heteroatoms. The zero-order valence-electron chi connectivity index (χ0n) is 15.9. The lowest BCUT2D eigenvalue weighted by molar-refractivity contribution is 0.290. The highest BCUT2D eigenvalue weighted by Gasteiger charge is 2.26. The van der Waals surface area contributed by atoms with Crippen molar-refractivity contribution in [2.45, 2.75) is 13.2 Å². The number of hydrogen-bond donors (Lipinski definition) is 1. The van der Waals surface area contributed by atoms with E-state index in [9.17, 15) is 9.18 Å². The first-order chi connectivity index (χ1) is 14.7. The van der Waals surface area contributed by atoms with Crippen molar-refractivity contribution in [3.8, 4) is 33.8 Å². The van der Waals surface area contributed by atoms with Crippen molar-refractivity contribution in [2.24, 2.45) is 5.73 Å². The van der Waals surface area contributed by atoms with E-state index in [1.165, 1.54) is 6.07 Å². The Morgan fingerprint density at radius 3 is 2.67 bits per heavy atom. The molecule has 1 aliphatic rings. The van der Waals surface area contributed by atoms with Crippen LogP contribution in [-0.4, -0.2) is 14.5 Å². The summed E-state index contributed by atoms with van der Waals surface area (Å²) in [5.41, 5.74) is 9.94. The second kappa shape index (κ2) is 7.20. The number of aromatic nitrogens is 3. The van der Waals surface area contributed by atoms with E-state index in [0.717, 1.165) is 6.20 Å². The minimum atomic E-state index is -0.480. The Morgan fingerprint density at radius 1 is 1.03 bits per heavy atom. The zero-order valence-corrected chi connectivity index (χ0v) is 15.9. The minimum absolute atomic E-state index is 0.120. The summed E-state index contributed by atoms with van der Waals surface area (Å²) in [5, 5.41) is 0. The quantitative estimate of drug-likeness (QED) is 0.570. The molecule has 0 saturated heterocycles. The van der Waals surface area contributed by atoms with E-state index < -0.39 is 5.82 Å². The van der Waals surface area contributed by atoms with Gasteiger partial charge in [-0.05, 0) is 24.3 Å². The van der Waals surface area contributed by atoms with Crippen LogP contribution in [0.5, 0.6) is 5.75 Å². The van der Waals surface area contributed by atoms with Gasteiger partial charge in [0.2, 0.25) is 0 Å². The van der Waals surface area contributed by atoms with Crippen LogP contribution >= 0.6 is 0 Å². The minimum Gasteiger partial charge on any atom is -0.485 e. The number of nitrogens with zero attached hydrogens (tertiary/aromatic N) is 3. The first-order valence-corrected chi connectivity index (χ1v) is 9.45.